The quantitative estimate of drug-likeness (QED) is 0.324. The summed E-state index contributed by atoms with van der Waals surface area (Å²) < 4.78 is 53.9. The zero-order chi connectivity index (χ0) is 18.9. The first-order valence-corrected chi connectivity index (χ1v) is 7.99. The molecule has 0 aromatic carbocycles. The predicted octanol–water partition coefficient (Wildman–Crippen LogP) is 3.94. The molecule has 0 aliphatic carbocycles. The van der Waals surface area contributed by atoms with Crippen molar-refractivity contribution >= 4 is 11.6 Å². The third-order valence-corrected chi connectivity index (χ3v) is 4.33. The smallest absolute Gasteiger partial charge is 0.340 e. The van der Waals surface area contributed by atoms with Crippen LogP contribution in [0.3, 0.4) is 0 Å². The summed E-state index contributed by atoms with van der Waals surface area (Å²) in [4.78, 5) is 7.75. The number of halogens is 5. The van der Waals surface area contributed by atoms with Crippen LogP contribution >= 0.6 is 11.6 Å². The van der Waals surface area contributed by atoms with Gasteiger partial charge in [-0.2, -0.15) is 8.78 Å². The highest BCUT2D eigenvalue weighted by atomic mass is 35.5. The van der Waals surface area contributed by atoms with Gasteiger partial charge in [-0.15, -0.1) is 0 Å². The molecule has 1 atom stereocenters. The molecule has 10 heteroatoms. The lowest BCUT2D eigenvalue weighted by Crippen LogP contribution is -2.35. The maximum Gasteiger partial charge on any atom is 0.340 e. The van der Waals surface area contributed by atoms with E-state index < -0.39 is 23.6 Å². The van der Waals surface area contributed by atoms with Crippen molar-refractivity contribution in [3.8, 4) is 5.88 Å². The van der Waals surface area contributed by atoms with E-state index in [-0.39, 0.29) is 25.5 Å². The fourth-order valence-electron chi connectivity index (χ4n) is 2.74. The summed E-state index contributed by atoms with van der Waals surface area (Å²) in [5, 5.41) is 13.2. The second-order valence-corrected chi connectivity index (χ2v) is 6.49. The van der Waals surface area contributed by atoms with Gasteiger partial charge >= 0.3 is 12.3 Å². The van der Waals surface area contributed by atoms with Gasteiger partial charge in [0.2, 0.25) is 5.88 Å². The third kappa shape index (κ3) is 4.05. The molecule has 26 heavy (non-hydrogen) atoms. The lowest BCUT2D eigenvalue weighted by atomic mass is 10.2. The Balaban J connectivity index is 1.63. The van der Waals surface area contributed by atoms with E-state index in [1.54, 1.807) is 12.3 Å². The molecular weight excluding hydrogens is 378 g/mol. The van der Waals surface area contributed by atoms with Crippen LogP contribution in [0.1, 0.15) is 16.7 Å². The standard InChI is InChI=1S/C16H14ClF4N3O2/c17-14-12-8-24(25,7-11(12)3-4-22-14)6-10-1-2-13(23-5-10)26-9-16(20,21)15(18)19/h1-5,15H,6-9H2. The Labute approximate surface area is 151 Å². The molecule has 2 aromatic heterocycles. The normalized spacial score (nSPS) is 19.7. The number of hydroxylamine groups is 3. The molecule has 2 aromatic rings. The van der Waals surface area contributed by atoms with Crippen LogP contribution in [0.4, 0.5) is 17.6 Å². The minimum Gasteiger partial charge on any atom is -0.632 e. The molecule has 3 rings (SSSR count). The van der Waals surface area contributed by atoms with Crippen molar-refractivity contribution in [3.63, 3.8) is 0 Å². The van der Waals surface area contributed by atoms with E-state index in [0.29, 0.717) is 16.3 Å². The van der Waals surface area contributed by atoms with Gasteiger partial charge in [0.1, 0.15) is 24.8 Å². The van der Waals surface area contributed by atoms with Crippen LogP contribution in [-0.2, 0) is 19.6 Å². The molecule has 1 unspecified atom stereocenters. The Bertz CT molecular complexity index is 792. The lowest BCUT2D eigenvalue weighted by molar-refractivity contribution is -0.913. The Kier molecular flexibility index (Phi) is 5.05. The molecular formula is C16H14ClF4N3O2. The fourth-order valence-corrected chi connectivity index (χ4v) is 2.98. The molecule has 1 aliphatic rings. The molecule has 1 aliphatic heterocycles. The van der Waals surface area contributed by atoms with Gasteiger partial charge in [0.15, 0.2) is 6.61 Å². The zero-order valence-electron chi connectivity index (χ0n) is 13.3. The molecule has 0 radical (unpaired) electrons. The third-order valence-electron chi connectivity index (χ3n) is 4.01. The molecule has 3 heterocycles. The molecule has 0 fully saturated rings. The number of ether oxygens (including phenoxy) is 1. The van der Waals surface area contributed by atoms with E-state index in [2.05, 4.69) is 14.7 Å². The summed E-state index contributed by atoms with van der Waals surface area (Å²) in [6.45, 7) is -0.984. The first-order valence-electron chi connectivity index (χ1n) is 7.62. The minimum absolute atomic E-state index is 0.0888. The summed E-state index contributed by atoms with van der Waals surface area (Å²) in [7, 11) is 0. The molecule has 5 nitrogen and oxygen atoms in total. The maximum atomic E-state index is 12.9. The van der Waals surface area contributed by atoms with Gasteiger partial charge in [0, 0.05) is 29.6 Å². The summed E-state index contributed by atoms with van der Waals surface area (Å²) in [6.07, 6.45) is -0.972. The maximum absolute atomic E-state index is 12.9. The van der Waals surface area contributed by atoms with E-state index in [4.69, 9.17) is 11.6 Å². The number of hydrogen-bond donors (Lipinski definition) is 0. The number of quaternary nitrogens is 1. The van der Waals surface area contributed by atoms with Crippen molar-refractivity contribution in [2.45, 2.75) is 32.0 Å². The molecule has 0 saturated heterocycles. The molecule has 140 valence electrons. The first kappa shape index (κ1) is 18.8. The second kappa shape index (κ2) is 6.98. The molecule has 0 spiro atoms. The molecule has 0 saturated carbocycles. The van der Waals surface area contributed by atoms with Gasteiger partial charge in [-0.05, 0) is 12.1 Å². The second-order valence-electron chi connectivity index (χ2n) is 6.13. The SMILES string of the molecule is [O-][N+]1(Cc2ccc(OCC(F)(F)C(F)F)nc2)Cc2ccnc(Cl)c2C1. The van der Waals surface area contributed by atoms with Crippen molar-refractivity contribution in [2.75, 3.05) is 6.61 Å². The van der Waals surface area contributed by atoms with E-state index in [9.17, 15) is 22.8 Å². The average molecular weight is 392 g/mol. The number of hydrogen-bond acceptors (Lipinski definition) is 4. The van der Waals surface area contributed by atoms with Crippen LogP contribution in [0.25, 0.3) is 0 Å². The van der Waals surface area contributed by atoms with Crippen molar-refractivity contribution in [3.05, 3.63) is 57.6 Å². The van der Waals surface area contributed by atoms with E-state index >= 15 is 0 Å². The Morgan fingerprint density at radius 2 is 2.00 bits per heavy atom. The highest BCUT2D eigenvalue weighted by molar-refractivity contribution is 6.30. The summed E-state index contributed by atoms with van der Waals surface area (Å²) >= 11 is 6.01. The van der Waals surface area contributed by atoms with Gasteiger partial charge in [-0.25, -0.2) is 18.7 Å². The van der Waals surface area contributed by atoms with E-state index in [1.807, 2.05) is 0 Å². The van der Waals surface area contributed by atoms with Crippen LogP contribution < -0.4 is 4.74 Å². The van der Waals surface area contributed by atoms with E-state index in [0.717, 1.165) is 5.56 Å². The predicted molar refractivity (Wildman–Crippen MR) is 84.7 cm³/mol. The summed E-state index contributed by atoms with van der Waals surface area (Å²) in [5.74, 6) is -4.47. The number of nitrogens with zero attached hydrogens (tertiary/aromatic N) is 3. The lowest BCUT2D eigenvalue weighted by Gasteiger charge is -2.38. The summed E-state index contributed by atoms with van der Waals surface area (Å²) in [5.41, 5.74) is 2.11. The number of pyridine rings is 2. The fraction of sp³-hybridized carbons (Fsp3) is 0.375. The molecule has 0 N–H and O–H groups in total. The van der Waals surface area contributed by atoms with Crippen molar-refractivity contribution in [2.24, 2.45) is 0 Å². The van der Waals surface area contributed by atoms with Crippen molar-refractivity contribution < 1.29 is 26.9 Å². The number of rotatable bonds is 6. The highest BCUT2D eigenvalue weighted by Gasteiger charge is 2.41. The monoisotopic (exact) mass is 391 g/mol. The van der Waals surface area contributed by atoms with Gasteiger partial charge in [0.25, 0.3) is 0 Å². The van der Waals surface area contributed by atoms with Gasteiger partial charge in [-0.3, -0.25) is 0 Å². The van der Waals surface area contributed by atoms with Crippen LogP contribution in [0, 0.1) is 5.21 Å². The number of aromatic nitrogens is 2. The average Bonchev–Trinajstić information content (AvgIpc) is 2.92. The molecule has 0 bridgehead atoms. The van der Waals surface area contributed by atoms with Crippen molar-refractivity contribution in [1.82, 2.24) is 9.97 Å². The summed E-state index contributed by atoms with van der Waals surface area (Å²) in [6, 6.07) is 4.50. The topological polar surface area (TPSA) is 58.1 Å². The Morgan fingerprint density at radius 1 is 1.23 bits per heavy atom. The largest absolute Gasteiger partial charge is 0.632 e. The van der Waals surface area contributed by atoms with Gasteiger partial charge in [-0.1, -0.05) is 11.6 Å². The van der Waals surface area contributed by atoms with Crippen LogP contribution in [0.2, 0.25) is 5.15 Å². The minimum atomic E-state index is -4.25. The number of alkyl halides is 4. The van der Waals surface area contributed by atoms with Crippen molar-refractivity contribution in [1.29, 1.82) is 0 Å². The number of fused-ring (bicyclic) bond motifs is 1. The molecule has 0 amide bonds. The first-order chi connectivity index (χ1) is 12.2. The van der Waals surface area contributed by atoms with Gasteiger partial charge in [0.05, 0.1) is 5.56 Å². The highest BCUT2D eigenvalue weighted by Crippen LogP contribution is 2.34. The van der Waals surface area contributed by atoms with Crippen LogP contribution in [0.5, 0.6) is 5.88 Å². The zero-order valence-corrected chi connectivity index (χ0v) is 14.1. The van der Waals surface area contributed by atoms with E-state index in [1.165, 1.54) is 18.3 Å². The van der Waals surface area contributed by atoms with Crippen LogP contribution in [0.15, 0.2) is 30.6 Å². The Morgan fingerprint density at radius 3 is 2.62 bits per heavy atom. The van der Waals surface area contributed by atoms with Crippen LogP contribution in [-0.4, -0.2) is 33.6 Å². The van der Waals surface area contributed by atoms with Gasteiger partial charge < -0.3 is 14.6 Å². The Hall–Kier alpha value is -1.97.